The van der Waals surface area contributed by atoms with Gasteiger partial charge in [0.2, 0.25) is 0 Å². The van der Waals surface area contributed by atoms with Gasteiger partial charge in [0.1, 0.15) is 16.5 Å². The summed E-state index contributed by atoms with van der Waals surface area (Å²) in [5.74, 6) is -1.68. The molecule has 2 rings (SSSR count). The number of benzene rings is 2. The highest BCUT2D eigenvalue weighted by atomic mass is 79.9. The number of hydrogen-bond acceptors (Lipinski definition) is 2. The Balaban J connectivity index is 2.43. The van der Waals surface area contributed by atoms with Crippen LogP contribution in [-0.2, 0) is 10.0 Å². The average Bonchev–Trinajstić information content (AvgIpc) is 2.33. The average molecular weight is 427 g/mol. The first-order chi connectivity index (χ1) is 9.29. The molecule has 0 aromatic heterocycles. The molecule has 2 aromatic carbocycles. The van der Waals surface area contributed by atoms with Crippen LogP contribution in [0.3, 0.4) is 0 Å². The molecule has 0 spiro atoms. The van der Waals surface area contributed by atoms with Crippen molar-refractivity contribution in [2.45, 2.75) is 4.90 Å². The minimum atomic E-state index is -4.21. The molecule has 0 saturated heterocycles. The topological polar surface area (TPSA) is 46.2 Å². The van der Waals surface area contributed by atoms with Gasteiger partial charge in [0.15, 0.2) is 0 Å². The zero-order valence-electron chi connectivity index (χ0n) is 9.70. The number of sulfonamides is 1. The summed E-state index contributed by atoms with van der Waals surface area (Å²) in [5, 5.41) is 0. The van der Waals surface area contributed by atoms with E-state index in [4.69, 9.17) is 0 Å². The Labute approximate surface area is 131 Å². The smallest absolute Gasteiger partial charge is 0.264 e. The lowest BCUT2D eigenvalue weighted by Crippen LogP contribution is -2.15. The maximum Gasteiger partial charge on any atom is 0.264 e. The molecule has 2 aromatic rings. The van der Waals surface area contributed by atoms with Crippen molar-refractivity contribution in [2.75, 3.05) is 4.72 Å². The largest absolute Gasteiger partial charge is 0.277 e. The van der Waals surface area contributed by atoms with Crippen LogP contribution in [0.5, 0.6) is 0 Å². The van der Waals surface area contributed by atoms with Crippen molar-refractivity contribution in [3.05, 3.63) is 57.0 Å². The van der Waals surface area contributed by atoms with E-state index in [9.17, 15) is 17.2 Å². The molecule has 0 bridgehead atoms. The van der Waals surface area contributed by atoms with Gasteiger partial charge in [-0.1, -0.05) is 31.9 Å². The molecule has 0 heterocycles. The van der Waals surface area contributed by atoms with E-state index >= 15 is 0 Å². The van der Waals surface area contributed by atoms with Gasteiger partial charge in [-0.25, -0.2) is 17.2 Å². The third-order valence-electron chi connectivity index (χ3n) is 2.36. The van der Waals surface area contributed by atoms with Crippen LogP contribution in [0.4, 0.5) is 14.5 Å². The number of rotatable bonds is 3. The van der Waals surface area contributed by atoms with Gasteiger partial charge < -0.3 is 0 Å². The highest BCUT2D eigenvalue weighted by molar-refractivity contribution is 9.10. The summed E-state index contributed by atoms with van der Waals surface area (Å²) in [6.07, 6.45) is 0. The van der Waals surface area contributed by atoms with E-state index in [1.165, 1.54) is 18.2 Å². The summed E-state index contributed by atoms with van der Waals surface area (Å²) in [7, 11) is -4.21. The van der Waals surface area contributed by atoms with Crippen molar-refractivity contribution < 1.29 is 17.2 Å². The predicted octanol–water partition coefficient (Wildman–Crippen LogP) is 4.29. The third kappa shape index (κ3) is 3.36. The van der Waals surface area contributed by atoms with E-state index < -0.39 is 26.6 Å². The molecular formula is C12H7Br2F2NO2S. The van der Waals surface area contributed by atoms with Gasteiger partial charge in [0.05, 0.1) is 5.69 Å². The van der Waals surface area contributed by atoms with Gasteiger partial charge >= 0.3 is 0 Å². The van der Waals surface area contributed by atoms with E-state index in [1.54, 1.807) is 0 Å². The summed E-state index contributed by atoms with van der Waals surface area (Å²) in [4.78, 5) is -0.555. The molecule has 0 aliphatic heterocycles. The monoisotopic (exact) mass is 425 g/mol. The molecule has 0 aliphatic carbocycles. The molecule has 0 amide bonds. The second kappa shape index (κ2) is 5.79. The first-order valence-corrected chi connectivity index (χ1v) is 8.29. The maximum absolute atomic E-state index is 13.7. The summed E-state index contributed by atoms with van der Waals surface area (Å²) in [6, 6.07) is 7.27. The van der Waals surface area contributed by atoms with Crippen LogP contribution in [-0.4, -0.2) is 8.42 Å². The van der Waals surface area contributed by atoms with Crippen LogP contribution in [0.15, 0.2) is 50.2 Å². The van der Waals surface area contributed by atoms with Gasteiger partial charge in [-0.15, -0.1) is 0 Å². The van der Waals surface area contributed by atoms with Crippen LogP contribution in [0.25, 0.3) is 0 Å². The number of anilines is 1. The van der Waals surface area contributed by atoms with Gasteiger partial charge in [-0.05, 0) is 36.4 Å². The molecule has 106 valence electrons. The summed E-state index contributed by atoms with van der Waals surface area (Å²) in [5.41, 5.74) is -0.262. The lowest BCUT2D eigenvalue weighted by Gasteiger charge is -2.10. The predicted molar refractivity (Wildman–Crippen MR) is 79.0 cm³/mol. The highest BCUT2D eigenvalue weighted by Crippen LogP contribution is 2.25. The van der Waals surface area contributed by atoms with Crippen LogP contribution in [0.1, 0.15) is 0 Å². The van der Waals surface area contributed by atoms with Crippen LogP contribution in [0.2, 0.25) is 0 Å². The molecule has 0 unspecified atom stereocenters. The molecule has 0 saturated carbocycles. The molecule has 0 radical (unpaired) electrons. The fourth-order valence-corrected chi connectivity index (χ4v) is 3.28. The fourth-order valence-electron chi connectivity index (χ4n) is 1.47. The summed E-state index contributed by atoms with van der Waals surface area (Å²) >= 11 is 6.13. The van der Waals surface area contributed by atoms with Crippen molar-refractivity contribution >= 4 is 47.6 Å². The molecule has 1 N–H and O–H groups in total. The van der Waals surface area contributed by atoms with Crippen molar-refractivity contribution in [1.29, 1.82) is 0 Å². The molecular weight excluding hydrogens is 420 g/mol. The standard InChI is InChI=1S/C12H7Br2F2NO2S/c13-7-2-4-12(10(16)5-7)20(18,19)17-11-6-8(14)1-3-9(11)15/h1-6,17H. The van der Waals surface area contributed by atoms with Crippen molar-refractivity contribution in [1.82, 2.24) is 0 Å². The molecule has 0 atom stereocenters. The Morgan fingerprint density at radius 1 is 0.900 bits per heavy atom. The zero-order chi connectivity index (χ0) is 14.9. The van der Waals surface area contributed by atoms with Gasteiger partial charge in [0, 0.05) is 8.95 Å². The van der Waals surface area contributed by atoms with Crippen LogP contribution >= 0.6 is 31.9 Å². The fraction of sp³-hybridized carbons (Fsp3) is 0. The SMILES string of the molecule is O=S(=O)(Nc1cc(Br)ccc1F)c1ccc(Br)cc1F. The minimum absolute atomic E-state index is 0.262. The second-order valence-corrected chi connectivity index (χ2v) is 7.29. The number of hydrogen-bond donors (Lipinski definition) is 1. The first kappa shape index (κ1) is 15.4. The van der Waals surface area contributed by atoms with E-state index in [0.717, 1.165) is 18.2 Å². The molecule has 8 heteroatoms. The quantitative estimate of drug-likeness (QED) is 0.795. The highest BCUT2D eigenvalue weighted by Gasteiger charge is 2.20. The van der Waals surface area contributed by atoms with E-state index in [0.29, 0.717) is 8.95 Å². The molecule has 0 fully saturated rings. The van der Waals surface area contributed by atoms with Crippen LogP contribution in [0, 0.1) is 11.6 Å². The lowest BCUT2D eigenvalue weighted by molar-refractivity contribution is 0.569. The van der Waals surface area contributed by atoms with Gasteiger partial charge in [-0.3, -0.25) is 4.72 Å². The Bertz CT molecular complexity index is 766. The third-order valence-corrected chi connectivity index (χ3v) is 4.74. The second-order valence-electron chi connectivity index (χ2n) is 3.80. The molecule has 0 aliphatic rings. The molecule has 3 nitrogen and oxygen atoms in total. The maximum atomic E-state index is 13.7. The normalized spacial score (nSPS) is 11.4. The number of nitrogens with one attached hydrogen (secondary N) is 1. The van der Waals surface area contributed by atoms with Crippen molar-refractivity contribution in [3.63, 3.8) is 0 Å². The summed E-state index contributed by atoms with van der Waals surface area (Å²) < 4.78 is 54.2. The van der Waals surface area contributed by atoms with Gasteiger partial charge in [0.25, 0.3) is 10.0 Å². The molecule has 20 heavy (non-hydrogen) atoms. The van der Waals surface area contributed by atoms with Crippen LogP contribution < -0.4 is 4.72 Å². The Kier molecular flexibility index (Phi) is 4.46. The van der Waals surface area contributed by atoms with Gasteiger partial charge in [-0.2, -0.15) is 0 Å². The zero-order valence-corrected chi connectivity index (χ0v) is 13.7. The minimum Gasteiger partial charge on any atom is -0.277 e. The van der Waals surface area contributed by atoms with Crippen molar-refractivity contribution in [2.24, 2.45) is 0 Å². The Morgan fingerprint density at radius 3 is 2.15 bits per heavy atom. The van der Waals surface area contributed by atoms with E-state index in [1.807, 2.05) is 4.72 Å². The first-order valence-electron chi connectivity index (χ1n) is 5.22. The van der Waals surface area contributed by atoms with E-state index in [-0.39, 0.29) is 5.69 Å². The van der Waals surface area contributed by atoms with Crippen molar-refractivity contribution in [3.8, 4) is 0 Å². The summed E-state index contributed by atoms with van der Waals surface area (Å²) in [6.45, 7) is 0. The van der Waals surface area contributed by atoms with E-state index in [2.05, 4.69) is 31.9 Å². The number of halogens is 4. The Morgan fingerprint density at radius 2 is 1.50 bits per heavy atom. The Hall–Kier alpha value is -0.990. The lowest BCUT2D eigenvalue weighted by atomic mass is 10.3.